The van der Waals surface area contributed by atoms with E-state index in [1.54, 1.807) is 0 Å². The monoisotopic (exact) mass is 265 g/mol. The van der Waals surface area contributed by atoms with Gasteiger partial charge in [-0.05, 0) is 30.5 Å². The number of hydrogen-bond acceptors (Lipinski definition) is 3. The van der Waals surface area contributed by atoms with Gasteiger partial charge in [-0.25, -0.2) is 0 Å². The molecule has 0 spiro atoms. The van der Waals surface area contributed by atoms with E-state index in [4.69, 9.17) is 10.5 Å². The lowest BCUT2D eigenvalue weighted by Crippen LogP contribution is -2.11. The van der Waals surface area contributed by atoms with Gasteiger partial charge in [0.05, 0.1) is 6.61 Å². The molecule has 0 heterocycles. The summed E-state index contributed by atoms with van der Waals surface area (Å²) in [7, 11) is 0. The minimum atomic E-state index is 0.577. The molecule has 0 radical (unpaired) electrons. The maximum Gasteiger partial charge on any atom is 0.119 e. The molecule has 2 N–H and O–H groups in total. The molecule has 0 atom stereocenters. The van der Waals surface area contributed by atoms with E-state index in [1.807, 2.05) is 24.3 Å². The van der Waals surface area contributed by atoms with Gasteiger partial charge in [0.15, 0.2) is 0 Å². The highest BCUT2D eigenvalue weighted by Crippen LogP contribution is 2.28. The van der Waals surface area contributed by atoms with E-state index >= 15 is 0 Å². The Labute approximate surface area is 114 Å². The molecule has 1 aliphatic rings. The molecule has 0 aliphatic heterocycles. The van der Waals surface area contributed by atoms with E-state index in [9.17, 15) is 0 Å². The first-order valence-electron chi connectivity index (χ1n) is 6.92. The van der Waals surface area contributed by atoms with Crippen LogP contribution in [0.15, 0.2) is 24.3 Å². The summed E-state index contributed by atoms with van der Waals surface area (Å²) >= 11 is 2.08. The van der Waals surface area contributed by atoms with Crippen molar-refractivity contribution in [3.05, 3.63) is 29.8 Å². The molecule has 0 bridgehead atoms. The van der Waals surface area contributed by atoms with E-state index in [0.717, 1.165) is 28.9 Å². The Balaban J connectivity index is 1.65. The van der Waals surface area contributed by atoms with Gasteiger partial charge in [0.1, 0.15) is 5.75 Å². The summed E-state index contributed by atoms with van der Waals surface area (Å²) in [5.41, 5.74) is 6.74. The number of rotatable bonds is 6. The Bertz CT molecular complexity index is 350. The second-order valence-electron chi connectivity index (χ2n) is 4.83. The molecule has 1 aromatic rings. The molecule has 1 fully saturated rings. The molecule has 3 heteroatoms. The average Bonchev–Trinajstić information content (AvgIpc) is 2.45. The van der Waals surface area contributed by atoms with E-state index in [1.165, 1.54) is 32.1 Å². The smallest absolute Gasteiger partial charge is 0.119 e. The van der Waals surface area contributed by atoms with Crippen molar-refractivity contribution < 1.29 is 4.74 Å². The standard InChI is InChI=1S/C15H23NOS/c16-12-13-5-4-6-14(11-13)17-9-10-18-15-7-2-1-3-8-15/h4-6,11,15H,1-3,7-10,12,16H2. The van der Waals surface area contributed by atoms with Gasteiger partial charge >= 0.3 is 0 Å². The van der Waals surface area contributed by atoms with Crippen molar-refractivity contribution in [3.8, 4) is 5.75 Å². The third-order valence-electron chi connectivity index (χ3n) is 3.39. The van der Waals surface area contributed by atoms with Crippen LogP contribution >= 0.6 is 11.8 Å². The van der Waals surface area contributed by atoms with Crippen molar-refractivity contribution in [1.82, 2.24) is 0 Å². The van der Waals surface area contributed by atoms with Crippen LogP contribution in [-0.2, 0) is 6.54 Å². The first-order chi connectivity index (χ1) is 8.88. The molecule has 0 aromatic heterocycles. The Kier molecular flexibility index (Phi) is 5.88. The maximum atomic E-state index is 5.76. The maximum absolute atomic E-state index is 5.76. The molecule has 2 rings (SSSR count). The van der Waals surface area contributed by atoms with Gasteiger partial charge in [0, 0.05) is 17.5 Å². The Hall–Kier alpha value is -0.670. The van der Waals surface area contributed by atoms with Crippen molar-refractivity contribution in [2.24, 2.45) is 5.73 Å². The fourth-order valence-corrected chi connectivity index (χ4v) is 3.55. The lowest BCUT2D eigenvalue weighted by molar-refractivity contribution is 0.343. The van der Waals surface area contributed by atoms with Crippen LogP contribution < -0.4 is 10.5 Å². The largest absolute Gasteiger partial charge is 0.493 e. The Morgan fingerprint density at radius 3 is 2.83 bits per heavy atom. The number of nitrogens with two attached hydrogens (primary N) is 1. The van der Waals surface area contributed by atoms with Crippen molar-refractivity contribution in [3.63, 3.8) is 0 Å². The Morgan fingerprint density at radius 1 is 1.22 bits per heavy atom. The van der Waals surface area contributed by atoms with Crippen molar-refractivity contribution in [2.45, 2.75) is 43.9 Å². The topological polar surface area (TPSA) is 35.2 Å². The molecule has 0 amide bonds. The van der Waals surface area contributed by atoms with E-state index in [0.29, 0.717) is 6.54 Å². The zero-order valence-electron chi connectivity index (χ0n) is 10.9. The van der Waals surface area contributed by atoms with Crippen LogP contribution in [-0.4, -0.2) is 17.6 Å². The zero-order valence-corrected chi connectivity index (χ0v) is 11.8. The fourth-order valence-electron chi connectivity index (χ4n) is 2.37. The molecular formula is C15H23NOS. The normalized spacial score (nSPS) is 16.7. The summed E-state index contributed by atoms with van der Waals surface area (Å²) in [5, 5.41) is 0.873. The number of benzene rings is 1. The second-order valence-corrected chi connectivity index (χ2v) is 6.24. The van der Waals surface area contributed by atoms with Gasteiger partial charge < -0.3 is 10.5 Å². The highest BCUT2D eigenvalue weighted by atomic mass is 32.2. The number of hydrogen-bond donors (Lipinski definition) is 1. The molecule has 2 nitrogen and oxygen atoms in total. The SMILES string of the molecule is NCc1cccc(OCCSC2CCCCC2)c1. The fraction of sp³-hybridized carbons (Fsp3) is 0.600. The lowest BCUT2D eigenvalue weighted by atomic mass is 10.0. The van der Waals surface area contributed by atoms with Gasteiger partial charge in [-0.3, -0.25) is 0 Å². The van der Waals surface area contributed by atoms with Crippen LogP contribution in [0, 0.1) is 0 Å². The predicted molar refractivity (Wildman–Crippen MR) is 79.2 cm³/mol. The Morgan fingerprint density at radius 2 is 2.06 bits per heavy atom. The lowest BCUT2D eigenvalue weighted by Gasteiger charge is -2.20. The number of ether oxygens (including phenoxy) is 1. The molecule has 18 heavy (non-hydrogen) atoms. The van der Waals surface area contributed by atoms with Gasteiger partial charge in [-0.1, -0.05) is 31.4 Å². The molecule has 1 aromatic carbocycles. The van der Waals surface area contributed by atoms with Crippen LogP contribution in [0.5, 0.6) is 5.75 Å². The van der Waals surface area contributed by atoms with Crippen molar-refractivity contribution in [2.75, 3.05) is 12.4 Å². The van der Waals surface area contributed by atoms with Gasteiger partial charge in [0.2, 0.25) is 0 Å². The van der Waals surface area contributed by atoms with E-state index in [-0.39, 0.29) is 0 Å². The number of thioether (sulfide) groups is 1. The summed E-state index contributed by atoms with van der Waals surface area (Å²) in [6, 6.07) is 8.07. The van der Waals surface area contributed by atoms with Crippen LogP contribution in [0.4, 0.5) is 0 Å². The third-order valence-corrected chi connectivity index (χ3v) is 4.74. The zero-order chi connectivity index (χ0) is 12.6. The molecule has 100 valence electrons. The van der Waals surface area contributed by atoms with Gasteiger partial charge in [-0.2, -0.15) is 11.8 Å². The van der Waals surface area contributed by atoms with Crippen LogP contribution in [0.2, 0.25) is 0 Å². The summed E-state index contributed by atoms with van der Waals surface area (Å²) in [5.74, 6) is 2.04. The molecular weight excluding hydrogens is 242 g/mol. The van der Waals surface area contributed by atoms with Crippen molar-refractivity contribution in [1.29, 1.82) is 0 Å². The highest BCUT2D eigenvalue weighted by molar-refractivity contribution is 7.99. The highest BCUT2D eigenvalue weighted by Gasteiger charge is 2.13. The van der Waals surface area contributed by atoms with Crippen LogP contribution in [0.3, 0.4) is 0 Å². The summed E-state index contributed by atoms with van der Waals surface area (Å²) in [4.78, 5) is 0. The minimum Gasteiger partial charge on any atom is -0.493 e. The predicted octanol–water partition coefficient (Wildman–Crippen LogP) is 3.59. The van der Waals surface area contributed by atoms with Crippen LogP contribution in [0.1, 0.15) is 37.7 Å². The second kappa shape index (κ2) is 7.70. The van der Waals surface area contributed by atoms with E-state index in [2.05, 4.69) is 11.8 Å². The molecule has 0 saturated heterocycles. The first-order valence-corrected chi connectivity index (χ1v) is 7.97. The summed E-state index contributed by atoms with van der Waals surface area (Å²) < 4.78 is 5.76. The first kappa shape index (κ1) is 13.8. The average molecular weight is 265 g/mol. The molecule has 1 saturated carbocycles. The summed E-state index contributed by atoms with van der Waals surface area (Å²) in [6.07, 6.45) is 7.05. The van der Waals surface area contributed by atoms with E-state index < -0.39 is 0 Å². The minimum absolute atomic E-state index is 0.577. The quantitative estimate of drug-likeness (QED) is 0.798. The van der Waals surface area contributed by atoms with Crippen LogP contribution in [0.25, 0.3) is 0 Å². The molecule has 1 aliphatic carbocycles. The van der Waals surface area contributed by atoms with Crippen molar-refractivity contribution >= 4 is 11.8 Å². The van der Waals surface area contributed by atoms with Gasteiger partial charge in [0.25, 0.3) is 0 Å². The molecule has 0 unspecified atom stereocenters. The third kappa shape index (κ3) is 4.54. The van der Waals surface area contributed by atoms with Gasteiger partial charge in [-0.15, -0.1) is 0 Å². The summed E-state index contributed by atoms with van der Waals surface area (Å²) in [6.45, 7) is 1.38.